The van der Waals surface area contributed by atoms with Gasteiger partial charge in [-0.1, -0.05) is 0 Å². The standard InChI is InChI=1S/C14H23BrN4/c1-16-8-11-7-12(15)9-17-14(11)19(3)13-5-4-6-18(2)10-13/h7,9,13,16H,4-6,8,10H2,1-3H3. The van der Waals surface area contributed by atoms with E-state index in [1.54, 1.807) is 0 Å². The van der Waals surface area contributed by atoms with Crippen LogP contribution >= 0.6 is 15.9 Å². The number of likely N-dealkylation sites (N-methyl/N-ethyl adjacent to an activating group) is 2. The second-order valence-corrected chi connectivity index (χ2v) is 6.25. The van der Waals surface area contributed by atoms with E-state index < -0.39 is 0 Å². The number of hydrogen-bond donors (Lipinski definition) is 1. The fraction of sp³-hybridized carbons (Fsp3) is 0.643. The summed E-state index contributed by atoms with van der Waals surface area (Å²) in [4.78, 5) is 9.36. The van der Waals surface area contributed by atoms with Crippen molar-refractivity contribution in [1.29, 1.82) is 0 Å². The molecule has 0 aliphatic carbocycles. The number of piperidine rings is 1. The molecule has 0 saturated carbocycles. The van der Waals surface area contributed by atoms with E-state index in [9.17, 15) is 0 Å². The van der Waals surface area contributed by atoms with Crippen molar-refractivity contribution in [3.8, 4) is 0 Å². The second kappa shape index (κ2) is 6.68. The molecule has 0 bridgehead atoms. The van der Waals surface area contributed by atoms with Gasteiger partial charge in [0.05, 0.1) is 0 Å². The first-order valence-electron chi connectivity index (χ1n) is 6.82. The van der Waals surface area contributed by atoms with Crippen LogP contribution in [0.25, 0.3) is 0 Å². The van der Waals surface area contributed by atoms with Crippen molar-refractivity contribution in [2.75, 3.05) is 39.1 Å². The maximum atomic E-state index is 4.62. The molecule has 2 heterocycles. The first-order chi connectivity index (χ1) is 9.11. The average molecular weight is 327 g/mol. The van der Waals surface area contributed by atoms with Crippen LogP contribution in [-0.2, 0) is 6.54 Å². The van der Waals surface area contributed by atoms with Crippen LogP contribution in [-0.4, -0.2) is 50.2 Å². The number of nitrogens with one attached hydrogen (secondary N) is 1. The molecule has 1 unspecified atom stereocenters. The quantitative estimate of drug-likeness (QED) is 0.918. The van der Waals surface area contributed by atoms with E-state index in [0.29, 0.717) is 6.04 Å². The molecule has 2 rings (SSSR count). The molecule has 1 fully saturated rings. The first-order valence-corrected chi connectivity index (χ1v) is 7.61. The molecular weight excluding hydrogens is 304 g/mol. The molecule has 1 N–H and O–H groups in total. The van der Waals surface area contributed by atoms with Crippen molar-refractivity contribution < 1.29 is 0 Å². The van der Waals surface area contributed by atoms with Gasteiger partial charge in [-0.25, -0.2) is 4.98 Å². The summed E-state index contributed by atoms with van der Waals surface area (Å²) < 4.78 is 1.04. The molecule has 0 spiro atoms. The first kappa shape index (κ1) is 14.8. The third-order valence-electron chi connectivity index (χ3n) is 3.76. The molecule has 0 aromatic carbocycles. The minimum absolute atomic E-state index is 0.558. The highest BCUT2D eigenvalue weighted by Crippen LogP contribution is 2.25. The molecule has 106 valence electrons. The lowest BCUT2D eigenvalue weighted by molar-refractivity contribution is 0.247. The number of likely N-dealkylation sites (tertiary alicyclic amines) is 1. The number of hydrogen-bond acceptors (Lipinski definition) is 4. The van der Waals surface area contributed by atoms with Crippen LogP contribution in [0.3, 0.4) is 0 Å². The number of rotatable bonds is 4. The number of pyridine rings is 1. The average Bonchev–Trinajstić information content (AvgIpc) is 2.39. The van der Waals surface area contributed by atoms with Gasteiger partial charge < -0.3 is 15.1 Å². The molecule has 1 aliphatic rings. The Hall–Kier alpha value is -0.650. The normalized spacial score (nSPS) is 20.5. The Kier molecular flexibility index (Phi) is 5.19. The maximum absolute atomic E-state index is 4.62. The lowest BCUT2D eigenvalue weighted by Crippen LogP contribution is -2.45. The van der Waals surface area contributed by atoms with Gasteiger partial charge >= 0.3 is 0 Å². The zero-order valence-corrected chi connectivity index (χ0v) is 13.6. The molecule has 1 aromatic rings. The Balaban J connectivity index is 2.19. The predicted molar refractivity (Wildman–Crippen MR) is 83.6 cm³/mol. The summed E-state index contributed by atoms with van der Waals surface area (Å²) in [5, 5.41) is 3.22. The Labute approximate surface area is 124 Å². The van der Waals surface area contributed by atoms with Gasteiger partial charge in [-0.2, -0.15) is 0 Å². The van der Waals surface area contributed by atoms with Crippen LogP contribution < -0.4 is 10.2 Å². The van der Waals surface area contributed by atoms with E-state index >= 15 is 0 Å². The van der Waals surface area contributed by atoms with E-state index in [2.05, 4.69) is 56.2 Å². The van der Waals surface area contributed by atoms with Crippen LogP contribution in [0, 0.1) is 0 Å². The number of anilines is 1. The third-order valence-corrected chi connectivity index (χ3v) is 4.19. The fourth-order valence-electron chi connectivity index (χ4n) is 2.74. The van der Waals surface area contributed by atoms with Crippen molar-refractivity contribution in [1.82, 2.24) is 15.2 Å². The van der Waals surface area contributed by atoms with E-state index in [1.165, 1.54) is 24.9 Å². The summed E-state index contributed by atoms with van der Waals surface area (Å²) in [6.45, 7) is 3.17. The van der Waals surface area contributed by atoms with Crippen LogP contribution in [0.4, 0.5) is 5.82 Å². The molecular formula is C14H23BrN4. The molecule has 19 heavy (non-hydrogen) atoms. The zero-order chi connectivity index (χ0) is 13.8. The summed E-state index contributed by atoms with van der Waals surface area (Å²) in [6.07, 6.45) is 4.40. The number of halogens is 1. The lowest BCUT2D eigenvalue weighted by Gasteiger charge is -2.37. The van der Waals surface area contributed by atoms with E-state index in [4.69, 9.17) is 0 Å². The molecule has 1 aliphatic heterocycles. The topological polar surface area (TPSA) is 31.4 Å². The predicted octanol–water partition coefficient (Wildman–Crippen LogP) is 2.09. The van der Waals surface area contributed by atoms with Gasteiger partial charge in [0.15, 0.2) is 0 Å². The largest absolute Gasteiger partial charge is 0.355 e. The summed E-state index contributed by atoms with van der Waals surface area (Å²) >= 11 is 3.50. The molecule has 4 nitrogen and oxygen atoms in total. The van der Waals surface area contributed by atoms with Crippen molar-refractivity contribution in [2.24, 2.45) is 0 Å². The fourth-order valence-corrected chi connectivity index (χ4v) is 3.12. The van der Waals surface area contributed by atoms with Crippen molar-refractivity contribution >= 4 is 21.7 Å². The Morgan fingerprint density at radius 2 is 2.37 bits per heavy atom. The van der Waals surface area contributed by atoms with Crippen LogP contribution in [0.1, 0.15) is 18.4 Å². The maximum Gasteiger partial charge on any atom is 0.133 e. The van der Waals surface area contributed by atoms with E-state index in [1.807, 2.05) is 13.2 Å². The zero-order valence-electron chi connectivity index (χ0n) is 12.0. The lowest BCUT2D eigenvalue weighted by atomic mass is 10.0. The number of aromatic nitrogens is 1. The Bertz CT molecular complexity index is 424. The Morgan fingerprint density at radius 1 is 1.58 bits per heavy atom. The van der Waals surface area contributed by atoms with Crippen molar-refractivity contribution in [2.45, 2.75) is 25.4 Å². The SMILES string of the molecule is CNCc1cc(Br)cnc1N(C)C1CCCN(C)C1. The van der Waals surface area contributed by atoms with Gasteiger partial charge in [0.1, 0.15) is 5.82 Å². The monoisotopic (exact) mass is 326 g/mol. The van der Waals surface area contributed by atoms with Gasteiger partial charge in [0.25, 0.3) is 0 Å². The van der Waals surface area contributed by atoms with Crippen LogP contribution in [0.2, 0.25) is 0 Å². The van der Waals surface area contributed by atoms with Gasteiger partial charge in [-0.15, -0.1) is 0 Å². The molecule has 1 atom stereocenters. The van der Waals surface area contributed by atoms with Crippen LogP contribution in [0.5, 0.6) is 0 Å². The van der Waals surface area contributed by atoms with E-state index in [0.717, 1.165) is 23.4 Å². The minimum atomic E-state index is 0.558. The summed E-state index contributed by atoms with van der Waals surface area (Å²) in [6, 6.07) is 2.71. The highest BCUT2D eigenvalue weighted by atomic mass is 79.9. The highest BCUT2D eigenvalue weighted by Gasteiger charge is 2.23. The van der Waals surface area contributed by atoms with Crippen molar-refractivity contribution in [3.05, 3.63) is 22.3 Å². The molecule has 0 amide bonds. The highest BCUT2D eigenvalue weighted by molar-refractivity contribution is 9.10. The smallest absolute Gasteiger partial charge is 0.133 e. The summed E-state index contributed by atoms with van der Waals surface area (Å²) in [5.41, 5.74) is 1.24. The van der Waals surface area contributed by atoms with Gasteiger partial charge in [-0.05, 0) is 55.5 Å². The Morgan fingerprint density at radius 3 is 3.05 bits per heavy atom. The van der Waals surface area contributed by atoms with Gasteiger partial charge in [-0.3, -0.25) is 0 Å². The van der Waals surface area contributed by atoms with E-state index in [-0.39, 0.29) is 0 Å². The second-order valence-electron chi connectivity index (χ2n) is 5.34. The van der Waals surface area contributed by atoms with Gasteiger partial charge in [0, 0.05) is 42.4 Å². The molecule has 5 heteroatoms. The summed E-state index contributed by atoms with van der Waals surface area (Å²) in [5.74, 6) is 1.10. The summed E-state index contributed by atoms with van der Waals surface area (Å²) in [7, 11) is 6.34. The van der Waals surface area contributed by atoms with Gasteiger partial charge in [0.2, 0.25) is 0 Å². The molecule has 1 saturated heterocycles. The number of nitrogens with zero attached hydrogens (tertiary/aromatic N) is 3. The van der Waals surface area contributed by atoms with Crippen LogP contribution in [0.15, 0.2) is 16.7 Å². The van der Waals surface area contributed by atoms with Crippen molar-refractivity contribution in [3.63, 3.8) is 0 Å². The third kappa shape index (κ3) is 3.68. The molecule has 1 aromatic heterocycles. The molecule has 0 radical (unpaired) electrons. The minimum Gasteiger partial charge on any atom is -0.355 e.